The van der Waals surface area contributed by atoms with Gasteiger partial charge in [0.2, 0.25) is 15.9 Å². The topological polar surface area (TPSA) is 108 Å². The van der Waals surface area contributed by atoms with Crippen LogP contribution >= 0.6 is 11.3 Å². The maximum Gasteiger partial charge on any atom is 0.231 e. The van der Waals surface area contributed by atoms with Crippen LogP contribution in [0.15, 0.2) is 5.38 Å². The van der Waals surface area contributed by atoms with E-state index in [2.05, 4.69) is 15.0 Å². The molecule has 1 heterocycles. The van der Waals surface area contributed by atoms with Crippen molar-refractivity contribution in [3.8, 4) is 0 Å². The summed E-state index contributed by atoms with van der Waals surface area (Å²) in [6.45, 7) is 5.03. The van der Waals surface area contributed by atoms with Crippen molar-refractivity contribution in [1.82, 2.24) is 10.3 Å². The first-order valence-electron chi connectivity index (χ1n) is 5.91. The molecule has 7 nitrogen and oxygen atoms in total. The average molecular weight is 321 g/mol. The SMILES string of the molecule is CC(O)C(C)(C)NC(=O)Cc1csc(NS(C)(=O)=O)n1. The molecule has 0 radical (unpaired) electrons. The third-order valence-corrected chi connectivity index (χ3v) is 4.17. The zero-order valence-corrected chi connectivity index (χ0v) is 13.4. The van der Waals surface area contributed by atoms with Gasteiger partial charge in [0.25, 0.3) is 0 Å². The summed E-state index contributed by atoms with van der Waals surface area (Å²) in [5.41, 5.74) is -0.263. The van der Waals surface area contributed by atoms with Gasteiger partial charge in [0, 0.05) is 5.38 Å². The largest absolute Gasteiger partial charge is 0.391 e. The molecule has 3 N–H and O–H groups in total. The molecule has 0 bridgehead atoms. The van der Waals surface area contributed by atoms with Gasteiger partial charge in [0.05, 0.1) is 30.0 Å². The molecule has 0 fully saturated rings. The number of nitrogens with zero attached hydrogens (tertiary/aromatic N) is 1. The van der Waals surface area contributed by atoms with E-state index >= 15 is 0 Å². The number of rotatable bonds is 6. The van der Waals surface area contributed by atoms with Crippen molar-refractivity contribution in [3.63, 3.8) is 0 Å². The smallest absolute Gasteiger partial charge is 0.231 e. The van der Waals surface area contributed by atoms with Crippen LogP contribution in [-0.4, -0.2) is 42.3 Å². The van der Waals surface area contributed by atoms with E-state index in [1.165, 1.54) is 0 Å². The van der Waals surface area contributed by atoms with Gasteiger partial charge >= 0.3 is 0 Å². The van der Waals surface area contributed by atoms with E-state index in [1.807, 2.05) is 0 Å². The number of hydrogen-bond acceptors (Lipinski definition) is 6. The Morgan fingerprint density at radius 3 is 2.65 bits per heavy atom. The Morgan fingerprint density at radius 1 is 1.55 bits per heavy atom. The first-order valence-corrected chi connectivity index (χ1v) is 8.68. The Hall–Kier alpha value is -1.19. The third-order valence-electron chi connectivity index (χ3n) is 2.67. The summed E-state index contributed by atoms with van der Waals surface area (Å²) in [6.07, 6.45) is 0.369. The van der Waals surface area contributed by atoms with Crippen molar-refractivity contribution >= 4 is 32.4 Å². The van der Waals surface area contributed by atoms with Crippen molar-refractivity contribution in [2.75, 3.05) is 11.0 Å². The summed E-state index contributed by atoms with van der Waals surface area (Å²) in [5.74, 6) is -0.285. The molecule has 1 unspecified atom stereocenters. The van der Waals surface area contributed by atoms with Gasteiger partial charge in [-0.3, -0.25) is 9.52 Å². The number of sulfonamides is 1. The summed E-state index contributed by atoms with van der Waals surface area (Å²) in [5, 5.41) is 14.1. The molecule has 1 aromatic rings. The van der Waals surface area contributed by atoms with Gasteiger partial charge in [-0.25, -0.2) is 13.4 Å². The van der Waals surface area contributed by atoms with Crippen molar-refractivity contribution in [2.24, 2.45) is 0 Å². The summed E-state index contributed by atoms with van der Waals surface area (Å²) in [7, 11) is -3.37. The van der Waals surface area contributed by atoms with Crippen LogP contribution in [0.3, 0.4) is 0 Å². The standard InChI is InChI=1S/C11H19N3O4S2/c1-7(15)11(2,3)13-9(16)5-8-6-19-10(12-8)14-20(4,17)18/h6-7,15H,5H2,1-4H3,(H,12,14)(H,13,16). The fourth-order valence-corrected chi connectivity index (χ4v) is 2.83. The van der Waals surface area contributed by atoms with Crippen molar-refractivity contribution in [2.45, 2.75) is 38.8 Å². The van der Waals surface area contributed by atoms with Crippen LogP contribution in [0.25, 0.3) is 0 Å². The molecule has 1 amide bonds. The van der Waals surface area contributed by atoms with Crippen LogP contribution in [0.1, 0.15) is 26.5 Å². The highest BCUT2D eigenvalue weighted by molar-refractivity contribution is 7.92. The number of aromatic nitrogens is 1. The summed E-state index contributed by atoms with van der Waals surface area (Å²) < 4.78 is 24.3. The van der Waals surface area contributed by atoms with E-state index in [4.69, 9.17) is 0 Å². The Balaban J connectivity index is 2.64. The monoisotopic (exact) mass is 321 g/mol. The van der Waals surface area contributed by atoms with Crippen molar-refractivity contribution in [1.29, 1.82) is 0 Å². The molecule has 20 heavy (non-hydrogen) atoms. The summed E-state index contributed by atoms with van der Waals surface area (Å²) in [6, 6.07) is 0. The van der Waals surface area contributed by atoms with Crippen LogP contribution in [-0.2, 0) is 21.2 Å². The molecule has 1 aromatic heterocycles. The van der Waals surface area contributed by atoms with E-state index in [9.17, 15) is 18.3 Å². The van der Waals surface area contributed by atoms with Crippen LogP contribution in [0.4, 0.5) is 5.13 Å². The zero-order chi connectivity index (χ0) is 15.6. The molecular weight excluding hydrogens is 302 g/mol. The number of aliphatic hydroxyl groups excluding tert-OH is 1. The fraction of sp³-hybridized carbons (Fsp3) is 0.636. The van der Waals surface area contributed by atoms with Crippen molar-refractivity contribution < 1.29 is 18.3 Å². The summed E-state index contributed by atoms with van der Waals surface area (Å²) in [4.78, 5) is 15.8. The number of amides is 1. The number of aliphatic hydroxyl groups is 1. The number of carbonyl (C=O) groups excluding carboxylic acids is 1. The van der Waals surface area contributed by atoms with Crippen molar-refractivity contribution in [3.05, 3.63) is 11.1 Å². The fourth-order valence-electron chi connectivity index (χ4n) is 1.27. The lowest BCUT2D eigenvalue weighted by Gasteiger charge is -2.29. The minimum absolute atomic E-state index is 0.0259. The molecule has 1 rings (SSSR count). The van der Waals surface area contributed by atoms with Crippen LogP contribution in [0.2, 0.25) is 0 Å². The Morgan fingerprint density at radius 2 is 2.15 bits per heavy atom. The van der Waals surface area contributed by atoms with Crippen LogP contribution in [0.5, 0.6) is 0 Å². The third kappa shape index (κ3) is 5.43. The predicted octanol–water partition coefficient (Wildman–Crippen LogP) is 0.333. The molecular formula is C11H19N3O4S2. The highest BCUT2D eigenvalue weighted by Crippen LogP contribution is 2.17. The van der Waals surface area contributed by atoms with E-state index in [-0.39, 0.29) is 17.5 Å². The summed E-state index contributed by atoms with van der Waals surface area (Å²) >= 11 is 1.11. The first kappa shape index (κ1) is 16.9. The highest BCUT2D eigenvalue weighted by atomic mass is 32.2. The van der Waals surface area contributed by atoms with Gasteiger partial charge < -0.3 is 10.4 Å². The van der Waals surface area contributed by atoms with Gasteiger partial charge in [-0.1, -0.05) is 0 Å². The zero-order valence-electron chi connectivity index (χ0n) is 11.8. The number of carbonyl (C=O) groups is 1. The quantitative estimate of drug-likeness (QED) is 0.700. The Kier molecular flexibility index (Phi) is 5.11. The molecule has 1 atom stereocenters. The second-order valence-electron chi connectivity index (χ2n) is 5.14. The minimum Gasteiger partial charge on any atom is -0.391 e. The maximum absolute atomic E-state index is 11.8. The molecule has 0 spiro atoms. The maximum atomic E-state index is 11.8. The number of nitrogens with one attached hydrogen (secondary N) is 2. The van der Waals surface area contributed by atoms with E-state index in [1.54, 1.807) is 26.2 Å². The van der Waals surface area contributed by atoms with Crippen LogP contribution < -0.4 is 10.0 Å². The van der Waals surface area contributed by atoms with Gasteiger partial charge in [-0.2, -0.15) is 0 Å². The first-order chi connectivity index (χ1) is 8.99. The van der Waals surface area contributed by atoms with Gasteiger partial charge in [0.15, 0.2) is 5.13 Å². The number of hydrogen-bond donors (Lipinski definition) is 3. The van der Waals surface area contributed by atoms with Gasteiger partial charge in [-0.05, 0) is 20.8 Å². The molecule has 0 aliphatic heterocycles. The molecule has 0 saturated carbocycles. The van der Waals surface area contributed by atoms with E-state index in [0.29, 0.717) is 5.69 Å². The Bertz CT molecular complexity index is 578. The van der Waals surface area contributed by atoms with E-state index in [0.717, 1.165) is 17.6 Å². The average Bonchev–Trinajstić information content (AvgIpc) is 2.60. The molecule has 9 heteroatoms. The minimum atomic E-state index is -3.37. The second-order valence-corrected chi connectivity index (χ2v) is 7.75. The number of thiazole rings is 1. The normalized spacial score (nSPS) is 13.8. The Labute approximate surface area is 122 Å². The molecule has 0 aromatic carbocycles. The molecule has 0 aliphatic rings. The van der Waals surface area contributed by atoms with Gasteiger partial charge in [0.1, 0.15) is 0 Å². The lowest BCUT2D eigenvalue weighted by molar-refractivity contribution is -0.123. The second kappa shape index (κ2) is 6.06. The molecule has 0 saturated heterocycles. The van der Waals surface area contributed by atoms with Gasteiger partial charge in [-0.15, -0.1) is 11.3 Å². The predicted molar refractivity (Wildman–Crippen MR) is 78.2 cm³/mol. The highest BCUT2D eigenvalue weighted by Gasteiger charge is 2.26. The van der Waals surface area contributed by atoms with E-state index < -0.39 is 21.7 Å². The lowest BCUT2D eigenvalue weighted by Crippen LogP contribution is -2.51. The van der Waals surface area contributed by atoms with Crippen LogP contribution in [0, 0.1) is 0 Å². The number of anilines is 1. The molecule has 0 aliphatic carbocycles. The lowest BCUT2D eigenvalue weighted by atomic mass is 9.98. The molecule has 114 valence electrons.